The van der Waals surface area contributed by atoms with E-state index in [2.05, 4.69) is 17.7 Å². The van der Waals surface area contributed by atoms with E-state index in [1.807, 2.05) is 30.3 Å². The van der Waals surface area contributed by atoms with E-state index in [1.165, 1.54) is 0 Å². The summed E-state index contributed by atoms with van der Waals surface area (Å²) in [7, 11) is 0. The van der Waals surface area contributed by atoms with E-state index >= 15 is 0 Å². The Kier molecular flexibility index (Phi) is 8.36. The van der Waals surface area contributed by atoms with Gasteiger partial charge in [-0.1, -0.05) is 37.3 Å². The third kappa shape index (κ3) is 8.50. The van der Waals surface area contributed by atoms with Gasteiger partial charge in [-0.05, 0) is 30.9 Å². The normalized spacial score (nSPS) is 20.2. The van der Waals surface area contributed by atoms with Crippen molar-refractivity contribution in [3.63, 3.8) is 0 Å². The second-order valence-corrected chi connectivity index (χ2v) is 5.68. The molecule has 1 saturated heterocycles. The molecule has 1 amide bonds. The monoisotopic (exact) mass is 362 g/mol. The summed E-state index contributed by atoms with van der Waals surface area (Å²) in [6.07, 6.45) is -3.07. The first-order valence-corrected chi connectivity index (χ1v) is 7.69. The highest BCUT2D eigenvalue weighted by atomic mass is 19.4. The first-order chi connectivity index (χ1) is 11.7. The van der Waals surface area contributed by atoms with E-state index in [0.29, 0.717) is 12.5 Å². The first-order valence-electron chi connectivity index (χ1n) is 7.69. The standard InChI is InChI=1S/C14H20N2O2.C2HF3O2/c1-11-7-8-15-13(9-11)14(17)16-18-10-12-5-3-2-4-6-12;3-2(4,5)1(6)7/h2-6,11,13,15H,7-10H2,1H3,(H,16,17);(H,6,7)/t11-,13-;/m1./s1. The maximum atomic E-state index is 11.8. The second-order valence-electron chi connectivity index (χ2n) is 5.68. The molecule has 1 aromatic rings. The van der Waals surface area contributed by atoms with Gasteiger partial charge >= 0.3 is 12.1 Å². The number of piperidine rings is 1. The Labute approximate surface area is 143 Å². The quantitative estimate of drug-likeness (QED) is 0.715. The number of rotatable bonds is 4. The van der Waals surface area contributed by atoms with Gasteiger partial charge in [0.15, 0.2) is 0 Å². The number of hydrogen-bond acceptors (Lipinski definition) is 4. The van der Waals surface area contributed by atoms with E-state index in [-0.39, 0.29) is 11.9 Å². The van der Waals surface area contributed by atoms with E-state index < -0.39 is 12.1 Å². The van der Waals surface area contributed by atoms with Gasteiger partial charge in [0.1, 0.15) is 0 Å². The topological polar surface area (TPSA) is 87.7 Å². The van der Waals surface area contributed by atoms with Crippen molar-refractivity contribution in [2.75, 3.05) is 6.54 Å². The third-order valence-electron chi connectivity index (χ3n) is 3.48. The van der Waals surface area contributed by atoms with Crippen molar-refractivity contribution in [1.82, 2.24) is 10.8 Å². The predicted molar refractivity (Wildman–Crippen MR) is 83.3 cm³/mol. The Morgan fingerprint density at radius 2 is 1.92 bits per heavy atom. The van der Waals surface area contributed by atoms with Gasteiger partial charge < -0.3 is 10.4 Å². The van der Waals surface area contributed by atoms with E-state index in [9.17, 15) is 18.0 Å². The highest BCUT2D eigenvalue weighted by Crippen LogP contribution is 2.15. The van der Waals surface area contributed by atoms with Crippen molar-refractivity contribution in [3.8, 4) is 0 Å². The van der Waals surface area contributed by atoms with Crippen molar-refractivity contribution >= 4 is 11.9 Å². The van der Waals surface area contributed by atoms with Gasteiger partial charge in [-0.15, -0.1) is 0 Å². The Morgan fingerprint density at radius 1 is 1.32 bits per heavy atom. The molecule has 0 spiro atoms. The fourth-order valence-corrected chi connectivity index (χ4v) is 2.14. The average molecular weight is 362 g/mol. The summed E-state index contributed by atoms with van der Waals surface area (Å²) >= 11 is 0. The molecule has 1 aliphatic rings. The van der Waals surface area contributed by atoms with Crippen LogP contribution in [0.1, 0.15) is 25.3 Å². The van der Waals surface area contributed by atoms with Crippen molar-refractivity contribution in [2.45, 2.75) is 38.6 Å². The minimum atomic E-state index is -5.08. The molecule has 2 rings (SSSR count). The van der Waals surface area contributed by atoms with Gasteiger partial charge in [0, 0.05) is 0 Å². The number of carbonyl (C=O) groups is 2. The van der Waals surface area contributed by atoms with Crippen LogP contribution in [-0.2, 0) is 21.0 Å². The number of hydrogen-bond donors (Lipinski definition) is 3. The summed E-state index contributed by atoms with van der Waals surface area (Å²) in [4.78, 5) is 26.0. The zero-order valence-electron chi connectivity index (χ0n) is 13.7. The van der Waals surface area contributed by atoms with Gasteiger partial charge in [-0.2, -0.15) is 13.2 Å². The maximum absolute atomic E-state index is 11.8. The molecule has 0 aliphatic carbocycles. The molecule has 0 unspecified atom stereocenters. The lowest BCUT2D eigenvalue weighted by atomic mass is 9.94. The van der Waals surface area contributed by atoms with Crippen molar-refractivity contribution < 1.29 is 32.7 Å². The summed E-state index contributed by atoms with van der Waals surface area (Å²) in [5.74, 6) is -2.24. The van der Waals surface area contributed by atoms with Crippen LogP contribution in [0.4, 0.5) is 13.2 Å². The molecule has 0 radical (unpaired) electrons. The Hall–Kier alpha value is -2.13. The number of alkyl halides is 3. The summed E-state index contributed by atoms with van der Waals surface area (Å²) in [5, 5.41) is 10.3. The SMILES string of the molecule is C[C@@H]1CCN[C@@H](C(=O)NOCc2ccccc2)C1.O=C(O)C(F)(F)F. The molecule has 0 aromatic heterocycles. The summed E-state index contributed by atoms with van der Waals surface area (Å²) < 4.78 is 31.7. The van der Waals surface area contributed by atoms with Crippen LogP contribution in [0, 0.1) is 5.92 Å². The smallest absolute Gasteiger partial charge is 0.475 e. The van der Waals surface area contributed by atoms with Gasteiger partial charge in [-0.3, -0.25) is 9.63 Å². The highest BCUT2D eigenvalue weighted by Gasteiger charge is 2.38. The average Bonchev–Trinajstić information content (AvgIpc) is 2.55. The molecule has 9 heteroatoms. The van der Waals surface area contributed by atoms with Crippen LogP contribution >= 0.6 is 0 Å². The van der Waals surface area contributed by atoms with Crippen LogP contribution < -0.4 is 10.8 Å². The number of hydroxylamine groups is 1. The number of halogens is 3. The van der Waals surface area contributed by atoms with Crippen LogP contribution in [-0.4, -0.2) is 35.7 Å². The van der Waals surface area contributed by atoms with E-state index in [4.69, 9.17) is 14.7 Å². The Balaban J connectivity index is 0.000000381. The summed E-state index contributed by atoms with van der Waals surface area (Å²) in [5.41, 5.74) is 3.56. The van der Waals surface area contributed by atoms with Crippen LogP contribution in [0.5, 0.6) is 0 Å². The number of carboxylic acids is 1. The van der Waals surface area contributed by atoms with Crippen LogP contribution in [0.15, 0.2) is 30.3 Å². The lowest BCUT2D eigenvalue weighted by Gasteiger charge is -2.26. The third-order valence-corrected chi connectivity index (χ3v) is 3.48. The number of carboxylic acid groups (broad SMARTS) is 1. The molecule has 2 atom stereocenters. The van der Waals surface area contributed by atoms with Crippen LogP contribution in [0.25, 0.3) is 0 Å². The van der Waals surface area contributed by atoms with Gasteiger partial charge in [0.05, 0.1) is 12.6 Å². The first kappa shape index (κ1) is 20.9. The number of benzene rings is 1. The molecule has 1 aromatic carbocycles. The van der Waals surface area contributed by atoms with E-state index in [0.717, 1.165) is 24.9 Å². The number of aliphatic carboxylic acids is 1. The number of nitrogens with one attached hydrogen (secondary N) is 2. The Morgan fingerprint density at radius 3 is 2.44 bits per heavy atom. The zero-order valence-corrected chi connectivity index (χ0v) is 13.7. The lowest BCUT2D eigenvalue weighted by molar-refractivity contribution is -0.192. The van der Waals surface area contributed by atoms with Gasteiger partial charge in [0.2, 0.25) is 0 Å². The zero-order chi connectivity index (χ0) is 18.9. The van der Waals surface area contributed by atoms with E-state index in [1.54, 1.807) is 0 Å². The molecule has 25 heavy (non-hydrogen) atoms. The Bertz CT molecular complexity index is 552. The molecule has 0 bridgehead atoms. The fraction of sp³-hybridized carbons (Fsp3) is 0.500. The van der Waals surface area contributed by atoms with Gasteiger partial charge in [-0.25, -0.2) is 10.3 Å². The summed E-state index contributed by atoms with van der Waals surface area (Å²) in [6.45, 7) is 3.47. The van der Waals surface area contributed by atoms with Crippen LogP contribution in [0.3, 0.4) is 0 Å². The van der Waals surface area contributed by atoms with Gasteiger partial charge in [0.25, 0.3) is 5.91 Å². The minimum absolute atomic E-state index is 0.0718. The predicted octanol–water partition coefficient (Wildman–Crippen LogP) is 2.26. The largest absolute Gasteiger partial charge is 0.490 e. The number of carbonyl (C=O) groups excluding carboxylic acids is 1. The molecule has 140 valence electrons. The summed E-state index contributed by atoms with van der Waals surface area (Å²) in [6, 6.07) is 9.66. The van der Waals surface area contributed by atoms with Crippen molar-refractivity contribution in [1.29, 1.82) is 0 Å². The second kappa shape index (κ2) is 10.00. The highest BCUT2D eigenvalue weighted by molar-refractivity contribution is 5.80. The minimum Gasteiger partial charge on any atom is -0.475 e. The van der Waals surface area contributed by atoms with Crippen LogP contribution in [0.2, 0.25) is 0 Å². The number of amides is 1. The van der Waals surface area contributed by atoms with Crippen molar-refractivity contribution in [2.24, 2.45) is 5.92 Å². The molecular weight excluding hydrogens is 341 g/mol. The molecule has 6 nitrogen and oxygen atoms in total. The molecular formula is C16H21F3N2O4. The maximum Gasteiger partial charge on any atom is 0.490 e. The van der Waals surface area contributed by atoms with Crippen molar-refractivity contribution in [3.05, 3.63) is 35.9 Å². The molecule has 3 N–H and O–H groups in total. The molecule has 1 fully saturated rings. The molecule has 1 aliphatic heterocycles. The lowest BCUT2D eigenvalue weighted by Crippen LogP contribution is -2.48. The fourth-order valence-electron chi connectivity index (χ4n) is 2.14. The molecule has 0 saturated carbocycles. The molecule has 1 heterocycles.